The number of thioether (sulfide) groups is 1. The number of para-hydroxylation sites is 1. The number of carboxylic acids is 1. The lowest BCUT2D eigenvalue weighted by atomic mass is 10.0. The van der Waals surface area contributed by atoms with Crippen LogP contribution in [0.25, 0.3) is 10.9 Å². The summed E-state index contributed by atoms with van der Waals surface area (Å²) in [5.74, 6) is -1.56. The molecule has 1 heterocycles. The Labute approximate surface area is 272 Å². The van der Waals surface area contributed by atoms with Crippen LogP contribution in [0.1, 0.15) is 131 Å². The zero-order valence-corrected chi connectivity index (χ0v) is 28.0. The molecule has 3 aromatic rings. The second-order valence-corrected chi connectivity index (χ2v) is 14.5. The summed E-state index contributed by atoms with van der Waals surface area (Å²) in [7, 11) is -4.53. The van der Waals surface area contributed by atoms with Crippen LogP contribution < -0.4 is 0 Å². The number of carbonyl (C=O) groups excluding carboxylic acids is 1. The van der Waals surface area contributed by atoms with Crippen molar-refractivity contribution in [3.63, 3.8) is 0 Å². The van der Waals surface area contributed by atoms with E-state index < -0.39 is 26.6 Å². The number of fused-ring (bicyclic) bond motifs is 1. The molecule has 0 amide bonds. The van der Waals surface area contributed by atoms with Crippen LogP contribution in [-0.4, -0.2) is 45.0 Å². The van der Waals surface area contributed by atoms with Crippen LogP contribution in [0, 0.1) is 0 Å². The average molecular weight is 657 g/mol. The SMILES string of the molecule is CCCCCCCCCCCCCCCCC(c1nc(SC(CC(=O)c2ccccc2)C(=O)O)c2ccccc2n1)S(=O)(=O)O. The first-order chi connectivity index (χ1) is 21.7. The number of carboxylic acid groups (broad SMARTS) is 1. The van der Waals surface area contributed by atoms with Gasteiger partial charge < -0.3 is 5.11 Å². The predicted molar refractivity (Wildman–Crippen MR) is 181 cm³/mol. The highest BCUT2D eigenvalue weighted by Gasteiger charge is 2.30. The van der Waals surface area contributed by atoms with Crippen molar-refractivity contribution < 1.29 is 27.7 Å². The number of hydrogen-bond donors (Lipinski definition) is 2. The largest absolute Gasteiger partial charge is 0.480 e. The Morgan fingerprint density at radius 3 is 1.84 bits per heavy atom. The van der Waals surface area contributed by atoms with E-state index >= 15 is 0 Å². The molecule has 0 fully saturated rings. The summed E-state index contributed by atoms with van der Waals surface area (Å²) in [5.41, 5.74) is 0.857. The molecule has 10 heteroatoms. The molecule has 2 atom stereocenters. The predicted octanol–water partition coefficient (Wildman–Crippen LogP) is 9.25. The maximum atomic E-state index is 12.8. The van der Waals surface area contributed by atoms with E-state index in [2.05, 4.69) is 16.9 Å². The van der Waals surface area contributed by atoms with Crippen molar-refractivity contribution in [1.29, 1.82) is 0 Å². The molecule has 0 aliphatic heterocycles. The zero-order valence-electron chi connectivity index (χ0n) is 26.4. The molecular weight excluding hydrogens is 609 g/mol. The molecule has 0 spiro atoms. The molecular formula is C35H48N2O6S2. The number of nitrogens with zero attached hydrogens (tertiary/aromatic N) is 2. The molecule has 8 nitrogen and oxygen atoms in total. The van der Waals surface area contributed by atoms with Gasteiger partial charge in [-0.3, -0.25) is 14.1 Å². The number of Topliss-reactive ketones (excluding diaryl/α,β-unsaturated/α-hetero) is 1. The molecule has 0 saturated heterocycles. The zero-order chi connectivity index (χ0) is 32.5. The second kappa shape index (κ2) is 19.6. The third-order valence-electron chi connectivity index (χ3n) is 8.05. The van der Waals surface area contributed by atoms with Gasteiger partial charge in [0.2, 0.25) is 0 Å². The summed E-state index contributed by atoms with van der Waals surface area (Å²) in [6, 6.07) is 15.4. The van der Waals surface area contributed by atoms with Crippen LogP contribution in [0.15, 0.2) is 59.6 Å². The molecule has 0 saturated carbocycles. The maximum Gasteiger partial charge on any atom is 0.317 e. The van der Waals surface area contributed by atoms with Crippen LogP contribution in [0.5, 0.6) is 0 Å². The summed E-state index contributed by atoms with van der Waals surface area (Å²) in [6.45, 7) is 2.24. The van der Waals surface area contributed by atoms with E-state index in [0.717, 1.165) is 31.0 Å². The highest BCUT2D eigenvalue weighted by atomic mass is 32.2. The molecule has 0 aliphatic carbocycles. The highest BCUT2D eigenvalue weighted by Crippen LogP contribution is 2.34. The number of hydrogen-bond acceptors (Lipinski definition) is 7. The normalized spacial score (nSPS) is 13.1. The average Bonchev–Trinajstić information content (AvgIpc) is 3.02. The number of benzene rings is 2. The van der Waals surface area contributed by atoms with Gasteiger partial charge in [0.1, 0.15) is 15.5 Å². The van der Waals surface area contributed by atoms with Gasteiger partial charge in [-0.05, 0) is 12.5 Å². The van der Waals surface area contributed by atoms with Gasteiger partial charge in [-0.1, -0.05) is 157 Å². The summed E-state index contributed by atoms with van der Waals surface area (Å²) >= 11 is 0.892. The Hall–Kier alpha value is -2.82. The van der Waals surface area contributed by atoms with Crippen LogP contribution >= 0.6 is 11.8 Å². The second-order valence-electron chi connectivity index (χ2n) is 11.7. The molecule has 2 aromatic carbocycles. The number of rotatable bonds is 23. The van der Waals surface area contributed by atoms with Gasteiger partial charge in [0.05, 0.1) is 5.52 Å². The molecule has 0 aliphatic rings. The molecule has 0 bridgehead atoms. The van der Waals surface area contributed by atoms with Crippen molar-refractivity contribution in [2.75, 3.05) is 0 Å². The van der Waals surface area contributed by atoms with Gasteiger partial charge >= 0.3 is 5.97 Å². The van der Waals surface area contributed by atoms with Gasteiger partial charge in [-0.2, -0.15) is 8.42 Å². The lowest BCUT2D eigenvalue weighted by molar-refractivity contribution is -0.136. The Morgan fingerprint density at radius 1 is 0.756 bits per heavy atom. The lowest BCUT2D eigenvalue weighted by Gasteiger charge is -2.17. The lowest BCUT2D eigenvalue weighted by Crippen LogP contribution is -2.21. The summed E-state index contributed by atoms with van der Waals surface area (Å²) in [6.07, 6.45) is 16.3. The number of aliphatic carboxylic acids is 1. The Morgan fingerprint density at radius 2 is 1.29 bits per heavy atom. The quantitative estimate of drug-likeness (QED) is 0.0337. The van der Waals surface area contributed by atoms with Crippen molar-refractivity contribution in [2.45, 2.75) is 125 Å². The molecule has 2 unspecified atom stereocenters. The first kappa shape index (κ1) is 36.6. The van der Waals surface area contributed by atoms with Crippen molar-refractivity contribution in [1.82, 2.24) is 9.97 Å². The Balaban J connectivity index is 1.59. The van der Waals surface area contributed by atoms with Crippen molar-refractivity contribution in [3.8, 4) is 0 Å². The molecule has 246 valence electrons. The number of unbranched alkanes of at least 4 members (excludes halogenated alkanes) is 13. The highest BCUT2D eigenvalue weighted by molar-refractivity contribution is 8.00. The molecule has 1 aromatic heterocycles. The van der Waals surface area contributed by atoms with Gasteiger partial charge in [0, 0.05) is 17.4 Å². The van der Waals surface area contributed by atoms with Crippen LogP contribution in [0.3, 0.4) is 0 Å². The van der Waals surface area contributed by atoms with E-state index in [1.54, 1.807) is 54.6 Å². The molecule has 2 N–H and O–H groups in total. The first-order valence-electron chi connectivity index (χ1n) is 16.4. The monoisotopic (exact) mass is 656 g/mol. The van der Waals surface area contributed by atoms with Gasteiger partial charge in [-0.15, -0.1) is 0 Å². The molecule has 0 radical (unpaired) electrons. The van der Waals surface area contributed by atoms with Gasteiger partial charge in [-0.25, -0.2) is 9.97 Å². The smallest absolute Gasteiger partial charge is 0.317 e. The maximum absolute atomic E-state index is 12.8. The third kappa shape index (κ3) is 12.8. The minimum absolute atomic E-state index is 0.0630. The van der Waals surface area contributed by atoms with E-state index in [1.165, 1.54) is 64.2 Å². The topological polar surface area (TPSA) is 135 Å². The van der Waals surface area contributed by atoms with E-state index in [9.17, 15) is 27.7 Å². The molecule has 3 rings (SSSR count). The van der Waals surface area contributed by atoms with Crippen molar-refractivity contribution in [2.24, 2.45) is 0 Å². The van der Waals surface area contributed by atoms with E-state index in [1.807, 2.05) is 0 Å². The number of ketones is 1. The number of aromatic nitrogens is 2. The van der Waals surface area contributed by atoms with Crippen molar-refractivity contribution >= 4 is 44.5 Å². The van der Waals surface area contributed by atoms with E-state index in [0.29, 0.717) is 22.9 Å². The van der Waals surface area contributed by atoms with E-state index in [-0.39, 0.29) is 29.5 Å². The molecule has 45 heavy (non-hydrogen) atoms. The number of carbonyl (C=O) groups is 2. The fraction of sp³-hybridized carbons (Fsp3) is 0.543. The van der Waals surface area contributed by atoms with Crippen LogP contribution in [-0.2, 0) is 14.9 Å². The Bertz CT molecular complexity index is 1450. The summed E-state index contributed by atoms with van der Waals surface area (Å²) < 4.78 is 35.2. The minimum atomic E-state index is -4.53. The van der Waals surface area contributed by atoms with Crippen molar-refractivity contribution in [3.05, 3.63) is 66.0 Å². The van der Waals surface area contributed by atoms with Gasteiger partial charge in [0.25, 0.3) is 10.1 Å². The van der Waals surface area contributed by atoms with Crippen LogP contribution in [0.4, 0.5) is 0 Å². The first-order valence-corrected chi connectivity index (χ1v) is 18.8. The summed E-state index contributed by atoms with van der Waals surface area (Å²) in [4.78, 5) is 34.0. The van der Waals surface area contributed by atoms with Crippen LogP contribution in [0.2, 0.25) is 0 Å². The van der Waals surface area contributed by atoms with Gasteiger partial charge in [0.15, 0.2) is 11.6 Å². The fourth-order valence-corrected chi connectivity index (χ4v) is 7.35. The Kier molecular flexibility index (Phi) is 16.0. The third-order valence-corrected chi connectivity index (χ3v) is 10.4. The van der Waals surface area contributed by atoms with E-state index in [4.69, 9.17) is 0 Å². The standard InChI is InChI=1S/C35H48N2O6S2/c1-2-3-4-5-6-7-8-9-10-11-12-13-14-18-25-32(45(41,42)43)33-36-29-24-20-19-23-28(29)34(37-33)44-31(35(39)40)26-30(38)27-21-16-15-17-22-27/h15-17,19-24,31-32H,2-14,18,25-26H2,1H3,(H,39,40)(H,41,42,43). The summed E-state index contributed by atoms with van der Waals surface area (Å²) in [5, 5.41) is 8.29. The minimum Gasteiger partial charge on any atom is -0.480 e. The fourth-order valence-electron chi connectivity index (χ4n) is 5.46.